The van der Waals surface area contributed by atoms with Gasteiger partial charge in [-0.2, -0.15) is 0 Å². The zero-order valence-corrected chi connectivity index (χ0v) is 23.7. The molecule has 0 saturated heterocycles. The molecule has 0 unspecified atom stereocenters. The first kappa shape index (κ1) is 27.2. The number of nitrogens with one attached hydrogen (secondary N) is 3. The summed E-state index contributed by atoms with van der Waals surface area (Å²) in [6.07, 6.45) is 3.36. The highest BCUT2D eigenvalue weighted by Crippen LogP contribution is 2.41. The molecule has 1 aliphatic heterocycles. The van der Waals surface area contributed by atoms with E-state index >= 15 is 0 Å². The lowest BCUT2D eigenvalue weighted by Crippen LogP contribution is -2.31. The third-order valence-corrected chi connectivity index (χ3v) is 8.55. The van der Waals surface area contributed by atoms with Crippen LogP contribution in [0.1, 0.15) is 26.4 Å². The summed E-state index contributed by atoms with van der Waals surface area (Å²) in [7, 11) is -0.803. The molecule has 10 nitrogen and oxygen atoms in total. The number of halogens is 1. The number of amides is 2. The second kappa shape index (κ2) is 10.1. The van der Waals surface area contributed by atoms with Gasteiger partial charge in [0.05, 0.1) is 28.8 Å². The van der Waals surface area contributed by atoms with Gasteiger partial charge in [-0.25, -0.2) is 12.8 Å². The number of anilines is 1. The molecule has 4 heterocycles. The monoisotopic (exact) mass is 587 g/mol. The summed E-state index contributed by atoms with van der Waals surface area (Å²) in [4.78, 5) is 33.3. The van der Waals surface area contributed by atoms with Crippen LogP contribution in [0, 0.1) is 5.82 Å². The van der Waals surface area contributed by atoms with Crippen LogP contribution in [0.5, 0.6) is 0 Å². The summed E-state index contributed by atoms with van der Waals surface area (Å²) in [6.45, 7) is 0.548. The van der Waals surface area contributed by atoms with Crippen molar-refractivity contribution in [3.05, 3.63) is 83.4 Å². The summed E-state index contributed by atoms with van der Waals surface area (Å²) < 4.78 is 46.3. The molecule has 0 aliphatic carbocycles. The molecule has 0 spiro atoms. The molecule has 12 heteroatoms. The predicted octanol–water partition coefficient (Wildman–Crippen LogP) is 4.34. The lowest BCUT2D eigenvalue weighted by molar-refractivity contribution is 0.0943. The molecule has 5 aromatic rings. The molecule has 1 aliphatic rings. The molecule has 3 N–H and O–H groups in total. The Bertz CT molecular complexity index is 2000. The fourth-order valence-electron chi connectivity index (χ4n) is 5.13. The number of rotatable bonds is 6. The van der Waals surface area contributed by atoms with Gasteiger partial charge in [0.15, 0.2) is 0 Å². The maximum Gasteiger partial charge on any atom is 0.255 e. The number of fused-ring (bicyclic) bond motifs is 2. The van der Waals surface area contributed by atoms with E-state index in [9.17, 15) is 22.4 Å². The van der Waals surface area contributed by atoms with Crippen molar-refractivity contribution in [2.75, 3.05) is 31.2 Å². The van der Waals surface area contributed by atoms with Crippen molar-refractivity contribution in [1.29, 1.82) is 0 Å². The van der Waals surface area contributed by atoms with E-state index in [1.165, 1.54) is 38.4 Å². The third kappa shape index (κ3) is 4.69. The Balaban J connectivity index is 1.58. The number of nitrogens with zero attached hydrogens (tertiary/aromatic N) is 2. The minimum atomic E-state index is -3.71. The highest BCUT2D eigenvalue weighted by molar-refractivity contribution is 7.92. The van der Waals surface area contributed by atoms with Crippen molar-refractivity contribution in [3.63, 3.8) is 0 Å². The minimum Gasteiger partial charge on any atom is -0.455 e. The second-order valence-electron chi connectivity index (χ2n) is 10.00. The maximum absolute atomic E-state index is 13.7. The number of hydrogen-bond donors (Lipinski definition) is 3. The average Bonchev–Trinajstić information content (AvgIpc) is 3.58. The summed E-state index contributed by atoms with van der Waals surface area (Å²) >= 11 is 0. The summed E-state index contributed by atoms with van der Waals surface area (Å²) in [6, 6.07) is 14.1. The van der Waals surface area contributed by atoms with Crippen molar-refractivity contribution in [1.82, 2.24) is 20.6 Å². The molecule has 0 radical (unpaired) electrons. The van der Waals surface area contributed by atoms with Crippen LogP contribution in [0.2, 0.25) is 0 Å². The molecule has 0 saturated carbocycles. The van der Waals surface area contributed by atoms with Crippen LogP contribution >= 0.6 is 0 Å². The summed E-state index contributed by atoms with van der Waals surface area (Å²) in [5.74, 6) is -0.800. The Labute approximate surface area is 240 Å². The van der Waals surface area contributed by atoms with Gasteiger partial charge in [0.2, 0.25) is 10.0 Å². The molecule has 0 bridgehead atoms. The second-order valence-corrected chi connectivity index (χ2v) is 12.0. The SMILES string of the molecule is CNC(=O)c1c(-c2ccc(F)cc2)oc2cc(N(C)S(C)(=O)=O)c(-c3cc(-c4cc5c([nH]4)CCNC5=O)ccn3)cc12. The number of H-pyrrole nitrogens is 1. The van der Waals surface area contributed by atoms with E-state index in [2.05, 4.69) is 20.6 Å². The summed E-state index contributed by atoms with van der Waals surface area (Å²) in [5.41, 5.74) is 4.98. The zero-order valence-electron chi connectivity index (χ0n) is 22.9. The van der Waals surface area contributed by atoms with Gasteiger partial charge in [-0.15, -0.1) is 0 Å². The van der Waals surface area contributed by atoms with Gasteiger partial charge in [-0.1, -0.05) is 0 Å². The molecule has 0 fully saturated rings. The average molecular weight is 588 g/mol. The number of benzene rings is 2. The van der Waals surface area contributed by atoms with Gasteiger partial charge < -0.3 is 20.0 Å². The standard InChI is InChI=1S/C30H26FN5O5S/c1-32-30(38)27-21-13-19(24-12-17(8-10-33-24)23-14-20-22(35-23)9-11-34-29(20)37)25(36(2)42(3,39)40)15-26(21)41-28(27)16-4-6-18(31)7-5-16/h4-8,10,12-15,35H,9,11H2,1-3H3,(H,32,38)(H,34,37). The normalized spacial score (nSPS) is 13.1. The number of aromatic amines is 1. The Morgan fingerprint density at radius 2 is 1.83 bits per heavy atom. The first-order chi connectivity index (χ1) is 20.0. The van der Waals surface area contributed by atoms with E-state index in [0.717, 1.165) is 21.8 Å². The highest BCUT2D eigenvalue weighted by atomic mass is 32.2. The number of hydrogen-bond acceptors (Lipinski definition) is 6. The van der Waals surface area contributed by atoms with Gasteiger partial charge >= 0.3 is 0 Å². The highest BCUT2D eigenvalue weighted by Gasteiger charge is 2.27. The third-order valence-electron chi connectivity index (χ3n) is 7.35. The fourth-order valence-corrected chi connectivity index (χ4v) is 5.63. The molecular formula is C30H26FN5O5S. The van der Waals surface area contributed by atoms with E-state index in [1.54, 1.807) is 36.5 Å². The van der Waals surface area contributed by atoms with Crippen molar-refractivity contribution in [2.45, 2.75) is 6.42 Å². The Morgan fingerprint density at radius 3 is 2.52 bits per heavy atom. The van der Waals surface area contributed by atoms with E-state index in [1.807, 2.05) is 0 Å². The fraction of sp³-hybridized carbons (Fsp3) is 0.167. The maximum atomic E-state index is 13.7. The molecule has 6 rings (SSSR count). The smallest absolute Gasteiger partial charge is 0.255 e. The van der Waals surface area contributed by atoms with Crippen molar-refractivity contribution < 1.29 is 26.8 Å². The molecule has 42 heavy (non-hydrogen) atoms. The summed E-state index contributed by atoms with van der Waals surface area (Å²) in [5, 5.41) is 5.89. The predicted molar refractivity (Wildman–Crippen MR) is 157 cm³/mol. The first-order valence-electron chi connectivity index (χ1n) is 13.0. The topological polar surface area (TPSA) is 137 Å². The number of aromatic nitrogens is 2. The van der Waals surface area contributed by atoms with E-state index in [4.69, 9.17) is 4.42 Å². The molecular weight excluding hydrogens is 561 g/mol. The number of sulfonamides is 1. The molecule has 0 atom stereocenters. The quantitative estimate of drug-likeness (QED) is 0.270. The van der Waals surface area contributed by atoms with Gasteiger partial charge in [0, 0.05) is 72.8 Å². The van der Waals surface area contributed by atoms with Crippen LogP contribution < -0.4 is 14.9 Å². The number of carbonyl (C=O) groups is 2. The van der Waals surface area contributed by atoms with E-state index in [-0.39, 0.29) is 28.5 Å². The Kier molecular flexibility index (Phi) is 6.57. The van der Waals surface area contributed by atoms with Crippen LogP contribution in [0.25, 0.3) is 44.8 Å². The van der Waals surface area contributed by atoms with Gasteiger partial charge in [-0.05, 0) is 48.5 Å². The number of pyridine rings is 1. The van der Waals surface area contributed by atoms with Crippen LogP contribution in [-0.4, -0.2) is 57.1 Å². The molecule has 2 aromatic carbocycles. The van der Waals surface area contributed by atoms with Crippen molar-refractivity contribution >= 4 is 38.5 Å². The molecule has 2 amide bonds. The van der Waals surface area contributed by atoms with Crippen molar-refractivity contribution in [2.24, 2.45) is 0 Å². The zero-order chi connectivity index (χ0) is 29.8. The van der Waals surface area contributed by atoms with Crippen molar-refractivity contribution in [3.8, 4) is 33.8 Å². The Morgan fingerprint density at radius 1 is 1.07 bits per heavy atom. The van der Waals surface area contributed by atoms with Gasteiger partial charge in [0.1, 0.15) is 17.2 Å². The van der Waals surface area contributed by atoms with Gasteiger partial charge in [0.25, 0.3) is 11.8 Å². The minimum absolute atomic E-state index is 0.144. The largest absolute Gasteiger partial charge is 0.455 e. The number of carbonyl (C=O) groups excluding carboxylic acids is 2. The van der Waals surface area contributed by atoms with Crippen LogP contribution in [0.3, 0.4) is 0 Å². The molecule has 3 aromatic heterocycles. The van der Waals surface area contributed by atoms with E-state index < -0.39 is 21.7 Å². The lowest BCUT2D eigenvalue weighted by Gasteiger charge is -2.20. The first-order valence-corrected chi connectivity index (χ1v) is 14.9. The Hall–Kier alpha value is -4.97. The van der Waals surface area contributed by atoms with Crippen LogP contribution in [0.15, 0.2) is 65.2 Å². The van der Waals surface area contributed by atoms with Crippen LogP contribution in [0.4, 0.5) is 10.1 Å². The molecule has 214 valence electrons. The van der Waals surface area contributed by atoms with Crippen LogP contribution in [-0.2, 0) is 16.4 Å². The van der Waals surface area contributed by atoms with Gasteiger partial charge in [-0.3, -0.25) is 18.9 Å². The lowest BCUT2D eigenvalue weighted by atomic mass is 10.00. The number of furan rings is 1. The van der Waals surface area contributed by atoms with E-state index in [0.29, 0.717) is 46.4 Å².